The fourth-order valence-electron chi connectivity index (χ4n) is 3.18. The summed E-state index contributed by atoms with van der Waals surface area (Å²) in [6.45, 7) is 1.94. The molecule has 0 aliphatic heterocycles. The number of aliphatic hydroxyl groups is 1. The molecule has 0 atom stereocenters. The third kappa shape index (κ3) is 2.46. The zero-order valence-electron chi connectivity index (χ0n) is 13.6. The first-order chi connectivity index (χ1) is 12.1. The molecule has 2 heterocycles. The number of allylic oxidation sites excluding steroid dienone is 1. The van der Waals surface area contributed by atoms with Gasteiger partial charge in [-0.3, -0.25) is 4.79 Å². The standard InChI is InChI=1S/C19H16FN3O2/c1-11-5-4-10-23-14-8-9-15(24)16(17(14)22-18(11)23)19(25)21-13-7-3-2-6-12(13)20/h2-7,10,24H,8-9H2,1H3,(H,21,25). The van der Waals surface area contributed by atoms with Gasteiger partial charge in [0.2, 0.25) is 0 Å². The van der Waals surface area contributed by atoms with Gasteiger partial charge in [0.05, 0.1) is 11.4 Å². The summed E-state index contributed by atoms with van der Waals surface area (Å²) in [6.07, 6.45) is 2.82. The van der Waals surface area contributed by atoms with Crippen LogP contribution in [0.1, 0.15) is 23.4 Å². The number of hydrogen-bond donors (Lipinski definition) is 2. The number of amides is 1. The molecule has 0 fully saturated rings. The van der Waals surface area contributed by atoms with Crippen molar-refractivity contribution in [3.63, 3.8) is 0 Å². The number of nitrogens with one attached hydrogen (secondary N) is 1. The van der Waals surface area contributed by atoms with E-state index in [4.69, 9.17) is 0 Å². The van der Waals surface area contributed by atoms with Gasteiger partial charge in [0.15, 0.2) is 0 Å². The highest BCUT2D eigenvalue weighted by Gasteiger charge is 2.29. The number of benzene rings is 1. The van der Waals surface area contributed by atoms with Crippen molar-refractivity contribution in [1.29, 1.82) is 0 Å². The van der Waals surface area contributed by atoms with Gasteiger partial charge in [-0.1, -0.05) is 18.2 Å². The number of aromatic nitrogens is 2. The number of para-hydroxylation sites is 1. The molecule has 5 nitrogen and oxygen atoms in total. The molecule has 2 N–H and O–H groups in total. The number of nitrogens with zero attached hydrogens (tertiary/aromatic N) is 2. The molecule has 1 aliphatic carbocycles. The van der Waals surface area contributed by atoms with Gasteiger partial charge >= 0.3 is 0 Å². The molecule has 0 bridgehead atoms. The second kappa shape index (κ2) is 5.73. The van der Waals surface area contributed by atoms with E-state index in [1.807, 2.05) is 29.7 Å². The molecular weight excluding hydrogens is 321 g/mol. The number of imidazole rings is 1. The lowest BCUT2D eigenvalue weighted by molar-refractivity contribution is -0.111. The number of fused-ring (bicyclic) bond motifs is 3. The number of aliphatic hydroxyl groups excluding tert-OH is 1. The average Bonchev–Trinajstić information content (AvgIpc) is 2.96. The molecular formula is C19H16FN3O2. The van der Waals surface area contributed by atoms with E-state index in [0.717, 1.165) is 16.9 Å². The Kier molecular flexibility index (Phi) is 3.53. The van der Waals surface area contributed by atoms with Gasteiger partial charge in [0.25, 0.3) is 5.91 Å². The van der Waals surface area contributed by atoms with Crippen molar-refractivity contribution in [3.05, 3.63) is 71.1 Å². The molecule has 0 saturated carbocycles. The molecule has 126 valence electrons. The van der Waals surface area contributed by atoms with Crippen molar-refractivity contribution in [3.8, 4) is 0 Å². The van der Waals surface area contributed by atoms with Crippen molar-refractivity contribution in [2.45, 2.75) is 19.8 Å². The molecule has 1 aromatic carbocycles. The van der Waals surface area contributed by atoms with E-state index in [1.54, 1.807) is 12.1 Å². The maximum atomic E-state index is 13.8. The second-order valence-corrected chi connectivity index (χ2v) is 6.05. The topological polar surface area (TPSA) is 66.6 Å². The lowest BCUT2D eigenvalue weighted by atomic mass is 9.97. The molecule has 3 aromatic rings. The quantitative estimate of drug-likeness (QED) is 0.750. The van der Waals surface area contributed by atoms with Crippen molar-refractivity contribution >= 4 is 22.8 Å². The van der Waals surface area contributed by atoms with Crippen LogP contribution in [-0.2, 0) is 11.2 Å². The Bertz CT molecular complexity index is 1040. The van der Waals surface area contributed by atoms with E-state index < -0.39 is 11.7 Å². The van der Waals surface area contributed by atoms with Gasteiger partial charge in [0.1, 0.15) is 28.5 Å². The van der Waals surface area contributed by atoms with Crippen LogP contribution in [0.15, 0.2) is 48.4 Å². The van der Waals surface area contributed by atoms with Crippen molar-refractivity contribution in [2.75, 3.05) is 5.32 Å². The van der Waals surface area contributed by atoms with Crippen LogP contribution in [0.3, 0.4) is 0 Å². The number of pyridine rings is 1. The van der Waals surface area contributed by atoms with Crippen LogP contribution in [0, 0.1) is 12.7 Å². The maximum Gasteiger partial charge on any atom is 0.261 e. The SMILES string of the molecule is Cc1cccn2c3c(nc12)C(C(=O)Nc1ccccc1F)=C(O)CC3. The van der Waals surface area contributed by atoms with Crippen LogP contribution < -0.4 is 5.32 Å². The van der Waals surface area contributed by atoms with Crippen molar-refractivity contribution in [1.82, 2.24) is 9.38 Å². The van der Waals surface area contributed by atoms with E-state index in [0.29, 0.717) is 18.5 Å². The van der Waals surface area contributed by atoms with E-state index >= 15 is 0 Å². The predicted molar refractivity (Wildman–Crippen MR) is 92.8 cm³/mol. The van der Waals surface area contributed by atoms with Crippen LogP contribution in [0.4, 0.5) is 10.1 Å². The largest absolute Gasteiger partial charge is 0.511 e. The Labute approximate surface area is 143 Å². The first-order valence-corrected chi connectivity index (χ1v) is 8.01. The Hall–Kier alpha value is -3.15. The fraction of sp³-hybridized carbons (Fsp3) is 0.158. The number of carbonyl (C=O) groups excluding carboxylic acids is 1. The molecule has 25 heavy (non-hydrogen) atoms. The fourth-order valence-corrected chi connectivity index (χ4v) is 3.18. The van der Waals surface area contributed by atoms with Gasteiger partial charge < -0.3 is 14.8 Å². The van der Waals surface area contributed by atoms with Gasteiger partial charge in [-0.15, -0.1) is 0 Å². The Balaban J connectivity index is 1.80. The zero-order valence-corrected chi connectivity index (χ0v) is 13.6. The summed E-state index contributed by atoms with van der Waals surface area (Å²) >= 11 is 0. The van der Waals surface area contributed by atoms with E-state index in [9.17, 15) is 14.3 Å². The molecule has 1 aliphatic rings. The first-order valence-electron chi connectivity index (χ1n) is 8.01. The minimum absolute atomic E-state index is 0.0256. The summed E-state index contributed by atoms with van der Waals surface area (Å²) in [4.78, 5) is 17.3. The number of carbonyl (C=O) groups is 1. The Morgan fingerprint density at radius 1 is 1.24 bits per heavy atom. The first kappa shape index (κ1) is 15.4. The molecule has 1 amide bonds. The highest BCUT2D eigenvalue weighted by Crippen LogP contribution is 2.32. The number of anilines is 1. The third-order valence-electron chi connectivity index (χ3n) is 4.42. The minimum atomic E-state index is -0.565. The summed E-state index contributed by atoms with van der Waals surface area (Å²) in [5.41, 5.74) is 3.22. The lowest BCUT2D eigenvalue weighted by Crippen LogP contribution is -2.20. The summed E-state index contributed by atoms with van der Waals surface area (Å²) in [5, 5.41) is 12.8. The number of aryl methyl sites for hydroxylation is 2. The van der Waals surface area contributed by atoms with Crippen LogP contribution in [0.2, 0.25) is 0 Å². The second-order valence-electron chi connectivity index (χ2n) is 6.05. The lowest BCUT2D eigenvalue weighted by Gasteiger charge is -2.16. The zero-order chi connectivity index (χ0) is 17.6. The molecule has 4 rings (SSSR count). The van der Waals surface area contributed by atoms with Crippen molar-refractivity contribution < 1.29 is 14.3 Å². The van der Waals surface area contributed by atoms with E-state index in [1.165, 1.54) is 12.1 Å². The predicted octanol–water partition coefficient (Wildman–Crippen LogP) is 3.64. The Morgan fingerprint density at radius 3 is 2.84 bits per heavy atom. The molecule has 0 saturated heterocycles. The molecule has 0 spiro atoms. The molecule has 2 aromatic heterocycles. The van der Waals surface area contributed by atoms with Gasteiger partial charge in [-0.2, -0.15) is 0 Å². The molecule has 6 heteroatoms. The van der Waals surface area contributed by atoms with E-state index in [-0.39, 0.29) is 17.0 Å². The normalized spacial score (nSPS) is 13.8. The van der Waals surface area contributed by atoms with Crippen LogP contribution in [0.25, 0.3) is 11.2 Å². The van der Waals surface area contributed by atoms with Gasteiger partial charge in [0, 0.05) is 12.6 Å². The minimum Gasteiger partial charge on any atom is -0.511 e. The molecule has 0 radical (unpaired) electrons. The summed E-state index contributed by atoms with van der Waals surface area (Å²) in [6, 6.07) is 9.78. The van der Waals surface area contributed by atoms with Crippen LogP contribution in [0.5, 0.6) is 0 Å². The molecule has 0 unspecified atom stereocenters. The third-order valence-corrected chi connectivity index (χ3v) is 4.42. The van der Waals surface area contributed by atoms with Gasteiger partial charge in [-0.25, -0.2) is 9.37 Å². The number of halogens is 1. The van der Waals surface area contributed by atoms with Crippen molar-refractivity contribution in [2.24, 2.45) is 0 Å². The summed E-state index contributed by atoms with van der Waals surface area (Å²) < 4.78 is 15.8. The van der Waals surface area contributed by atoms with Crippen LogP contribution >= 0.6 is 0 Å². The maximum absolute atomic E-state index is 13.8. The highest BCUT2D eigenvalue weighted by atomic mass is 19.1. The Morgan fingerprint density at radius 2 is 2.04 bits per heavy atom. The summed E-state index contributed by atoms with van der Waals surface area (Å²) in [5.74, 6) is -1.12. The van der Waals surface area contributed by atoms with Crippen LogP contribution in [-0.4, -0.2) is 20.4 Å². The monoisotopic (exact) mass is 337 g/mol. The van der Waals surface area contributed by atoms with Gasteiger partial charge in [-0.05, 0) is 37.1 Å². The highest BCUT2D eigenvalue weighted by molar-refractivity contribution is 6.26. The van der Waals surface area contributed by atoms with E-state index in [2.05, 4.69) is 10.3 Å². The smallest absolute Gasteiger partial charge is 0.261 e. The average molecular weight is 337 g/mol. The number of hydrogen-bond acceptors (Lipinski definition) is 3. The number of rotatable bonds is 2. The summed E-state index contributed by atoms with van der Waals surface area (Å²) in [7, 11) is 0.